The number of nitrogens with zero attached hydrogens (tertiary/aromatic N) is 4. The zero-order valence-corrected chi connectivity index (χ0v) is 14.3. The number of aromatic nitrogens is 4. The Morgan fingerprint density at radius 1 is 1.15 bits per heavy atom. The van der Waals surface area contributed by atoms with Crippen LogP contribution in [-0.4, -0.2) is 26.3 Å². The maximum atomic E-state index is 14.7. The van der Waals surface area contributed by atoms with E-state index in [1.165, 1.54) is 6.07 Å². The molecule has 4 heterocycles. The number of imidazole rings is 1. The van der Waals surface area contributed by atoms with Gasteiger partial charge in [-0.05, 0) is 43.2 Å². The van der Waals surface area contributed by atoms with E-state index >= 15 is 0 Å². The minimum absolute atomic E-state index is 0.306. The average Bonchev–Trinajstić information content (AvgIpc) is 3.37. The number of ether oxygens (including phenoxy) is 1. The zero-order valence-electron chi connectivity index (χ0n) is 14.3. The van der Waals surface area contributed by atoms with Gasteiger partial charge in [-0.3, -0.25) is 4.68 Å². The molecule has 0 radical (unpaired) electrons. The summed E-state index contributed by atoms with van der Waals surface area (Å²) in [6.07, 6.45) is 7.62. The van der Waals surface area contributed by atoms with E-state index in [0.29, 0.717) is 17.0 Å². The molecule has 3 aromatic heterocycles. The molecule has 0 saturated heterocycles. The first-order valence-corrected chi connectivity index (χ1v) is 8.62. The molecule has 1 aliphatic rings. The summed E-state index contributed by atoms with van der Waals surface area (Å²) < 4.78 is 23.9. The number of rotatable bonds is 3. The standard InChI is InChI=1S/C20H17FN4O/c1-26-13-6-7-16(21)15(12-13)19-18(17-5-3-10-25(17)23-19)14-4-2-9-24-11-8-22-20(14)24/h2,4,6-9,11-12H,3,5,10H2,1H3. The third-order valence-electron chi connectivity index (χ3n) is 4.96. The summed E-state index contributed by atoms with van der Waals surface area (Å²) in [7, 11) is 1.58. The van der Waals surface area contributed by atoms with Crippen molar-refractivity contribution in [3.05, 3.63) is 60.4 Å². The molecule has 26 heavy (non-hydrogen) atoms. The topological polar surface area (TPSA) is 44.4 Å². The van der Waals surface area contributed by atoms with E-state index < -0.39 is 0 Å². The van der Waals surface area contributed by atoms with Crippen molar-refractivity contribution in [3.8, 4) is 28.1 Å². The maximum absolute atomic E-state index is 14.7. The smallest absolute Gasteiger partial charge is 0.144 e. The summed E-state index contributed by atoms with van der Waals surface area (Å²) in [6, 6.07) is 8.77. The largest absolute Gasteiger partial charge is 0.497 e. The van der Waals surface area contributed by atoms with E-state index in [4.69, 9.17) is 9.84 Å². The second kappa shape index (κ2) is 5.69. The van der Waals surface area contributed by atoms with E-state index in [1.807, 2.05) is 33.6 Å². The van der Waals surface area contributed by atoms with E-state index in [0.717, 1.165) is 41.9 Å². The number of aryl methyl sites for hydroxylation is 1. The fraction of sp³-hybridized carbons (Fsp3) is 0.200. The summed E-state index contributed by atoms with van der Waals surface area (Å²) >= 11 is 0. The number of hydrogen-bond acceptors (Lipinski definition) is 3. The lowest BCUT2D eigenvalue weighted by atomic mass is 9.98. The number of fused-ring (bicyclic) bond motifs is 2. The Hall–Kier alpha value is -3.15. The van der Waals surface area contributed by atoms with Gasteiger partial charge in [0.15, 0.2) is 0 Å². The van der Waals surface area contributed by atoms with E-state index in [1.54, 1.807) is 25.4 Å². The third-order valence-corrected chi connectivity index (χ3v) is 4.96. The molecule has 0 amide bonds. The fourth-order valence-corrected chi connectivity index (χ4v) is 3.76. The number of benzene rings is 1. The van der Waals surface area contributed by atoms with Gasteiger partial charge in [0.2, 0.25) is 0 Å². The van der Waals surface area contributed by atoms with Gasteiger partial charge in [0, 0.05) is 47.5 Å². The molecule has 0 saturated carbocycles. The summed E-state index contributed by atoms with van der Waals surface area (Å²) in [4.78, 5) is 4.50. The van der Waals surface area contributed by atoms with Crippen molar-refractivity contribution in [3.63, 3.8) is 0 Å². The SMILES string of the molecule is COc1ccc(F)c(-c2nn3c(c2-c2cccn4ccnc24)CCC3)c1. The van der Waals surface area contributed by atoms with Gasteiger partial charge in [0.05, 0.1) is 7.11 Å². The lowest BCUT2D eigenvalue weighted by Crippen LogP contribution is -1.95. The molecule has 0 N–H and O–H groups in total. The van der Waals surface area contributed by atoms with Crippen LogP contribution in [0.25, 0.3) is 28.0 Å². The molecule has 0 unspecified atom stereocenters. The molecule has 4 aromatic rings. The zero-order chi connectivity index (χ0) is 17.7. The number of halogens is 1. The fourth-order valence-electron chi connectivity index (χ4n) is 3.76. The summed E-state index contributed by atoms with van der Waals surface area (Å²) in [5, 5.41) is 4.75. The summed E-state index contributed by atoms with van der Waals surface area (Å²) in [6.45, 7) is 0.853. The predicted molar refractivity (Wildman–Crippen MR) is 96.7 cm³/mol. The van der Waals surface area contributed by atoms with Gasteiger partial charge in [-0.1, -0.05) is 0 Å². The predicted octanol–water partition coefficient (Wildman–Crippen LogP) is 3.96. The second-order valence-corrected chi connectivity index (χ2v) is 6.42. The summed E-state index contributed by atoms with van der Waals surface area (Å²) in [5.74, 6) is 0.304. The summed E-state index contributed by atoms with van der Waals surface area (Å²) in [5.41, 5.74) is 5.02. The van der Waals surface area contributed by atoms with E-state index in [2.05, 4.69) is 4.98 Å². The Morgan fingerprint density at radius 2 is 2.08 bits per heavy atom. The van der Waals surface area contributed by atoms with Crippen LogP contribution in [0.5, 0.6) is 5.75 Å². The van der Waals surface area contributed by atoms with Crippen LogP contribution in [0.2, 0.25) is 0 Å². The third kappa shape index (κ3) is 2.15. The van der Waals surface area contributed by atoms with Crippen molar-refractivity contribution >= 4 is 5.65 Å². The van der Waals surface area contributed by atoms with E-state index in [9.17, 15) is 4.39 Å². The van der Waals surface area contributed by atoms with Gasteiger partial charge in [0.1, 0.15) is 22.9 Å². The molecule has 0 atom stereocenters. The van der Waals surface area contributed by atoms with Crippen molar-refractivity contribution in [2.45, 2.75) is 19.4 Å². The van der Waals surface area contributed by atoms with Crippen LogP contribution in [0, 0.1) is 5.82 Å². The van der Waals surface area contributed by atoms with Crippen molar-refractivity contribution < 1.29 is 9.13 Å². The van der Waals surface area contributed by atoms with Crippen LogP contribution < -0.4 is 4.74 Å². The Kier molecular flexibility index (Phi) is 3.31. The van der Waals surface area contributed by atoms with Gasteiger partial charge in [-0.15, -0.1) is 0 Å². The van der Waals surface area contributed by atoms with Crippen molar-refractivity contribution in [1.29, 1.82) is 0 Å². The van der Waals surface area contributed by atoms with Crippen LogP contribution in [0.15, 0.2) is 48.9 Å². The van der Waals surface area contributed by atoms with Crippen molar-refractivity contribution in [1.82, 2.24) is 19.2 Å². The first-order valence-electron chi connectivity index (χ1n) is 8.62. The van der Waals surface area contributed by atoms with E-state index in [-0.39, 0.29) is 5.82 Å². The highest BCUT2D eigenvalue weighted by atomic mass is 19.1. The average molecular weight is 348 g/mol. The first-order chi connectivity index (χ1) is 12.8. The van der Waals surface area contributed by atoms with Gasteiger partial charge >= 0.3 is 0 Å². The molecule has 0 aliphatic carbocycles. The maximum Gasteiger partial charge on any atom is 0.144 e. The van der Waals surface area contributed by atoms with Crippen LogP contribution in [0.4, 0.5) is 4.39 Å². The molecule has 1 aromatic carbocycles. The molecule has 0 bridgehead atoms. The quantitative estimate of drug-likeness (QED) is 0.563. The van der Waals surface area contributed by atoms with Gasteiger partial charge in [-0.2, -0.15) is 5.10 Å². The lowest BCUT2D eigenvalue weighted by Gasteiger charge is -2.09. The number of hydrogen-bond donors (Lipinski definition) is 0. The van der Waals surface area contributed by atoms with Crippen LogP contribution in [0.1, 0.15) is 12.1 Å². The second-order valence-electron chi connectivity index (χ2n) is 6.42. The van der Waals surface area contributed by atoms with Crippen molar-refractivity contribution in [2.24, 2.45) is 0 Å². The van der Waals surface area contributed by atoms with Crippen LogP contribution in [-0.2, 0) is 13.0 Å². The number of methoxy groups -OCH3 is 1. The molecule has 0 spiro atoms. The molecule has 6 heteroatoms. The Balaban J connectivity index is 1.83. The number of pyridine rings is 1. The molecule has 5 rings (SSSR count). The Labute approximate surface area is 149 Å². The molecule has 0 fully saturated rings. The van der Waals surface area contributed by atoms with Gasteiger partial charge in [0.25, 0.3) is 0 Å². The van der Waals surface area contributed by atoms with Gasteiger partial charge < -0.3 is 9.14 Å². The monoisotopic (exact) mass is 348 g/mol. The van der Waals surface area contributed by atoms with Crippen molar-refractivity contribution in [2.75, 3.05) is 7.11 Å². The highest BCUT2D eigenvalue weighted by molar-refractivity contribution is 5.89. The lowest BCUT2D eigenvalue weighted by molar-refractivity contribution is 0.414. The van der Waals surface area contributed by atoms with Gasteiger partial charge in [-0.25, -0.2) is 9.37 Å². The first kappa shape index (κ1) is 15.1. The molecule has 5 nitrogen and oxygen atoms in total. The molecule has 130 valence electrons. The Bertz CT molecular complexity index is 1130. The minimum Gasteiger partial charge on any atom is -0.497 e. The minimum atomic E-state index is -0.306. The molecule has 1 aliphatic heterocycles. The highest BCUT2D eigenvalue weighted by Gasteiger charge is 2.27. The normalized spacial score (nSPS) is 13.3. The van der Waals surface area contributed by atoms with Crippen LogP contribution >= 0.6 is 0 Å². The van der Waals surface area contributed by atoms with Crippen LogP contribution in [0.3, 0.4) is 0 Å². The molecular formula is C20H17FN4O. The Morgan fingerprint density at radius 3 is 2.96 bits per heavy atom. The highest BCUT2D eigenvalue weighted by Crippen LogP contribution is 2.40. The molecular weight excluding hydrogens is 331 g/mol.